The molecule has 0 fully saturated rings. The van der Waals surface area contributed by atoms with Crippen molar-refractivity contribution in [3.05, 3.63) is 55.7 Å². The molecule has 0 saturated heterocycles. The van der Waals surface area contributed by atoms with E-state index in [-0.39, 0.29) is 0 Å². The van der Waals surface area contributed by atoms with E-state index in [4.69, 9.17) is 17.5 Å². The number of hydrogen-bond donors (Lipinski definition) is 1. The first-order chi connectivity index (χ1) is 9.61. The van der Waals surface area contributed by atoms with Gasteiger partial charge >= 0.3 is 0 Å². The van der Waals surface area contributed by atoms with Crippen LogP contribution in [0.2, 0.25) is 0 Å². The number of fused-ring (bicyclic) bond motifs is 1. The number of imidazole rings is 1. The molecular weight excluding hydrogens is 402 g/mol. The van der Waals surface area contributed by atoms with Gasteiger partial charge in [-0.3, -0.25) is 4.57 Å². The Morgan fingerprint density at radius 2 is 1.85 bits per heavy atom. The van der Waals surface area contributed by atoms with Crippen molar-refractivity contribution in [1.29, 1.82) is 5.26 Å². The molecule has 0 radical (unpaired) electrons. The van der Waals surface area contributed by atoms with Crippen molar-refractivity contribution in [2.45, 2.75) is 0 Å². The lowest BCUT2D eigenvalue weighted by atomic mass is 10.2. The molecule has 0 saturated carbocycles. The number of rotatable bonds is 1. The van der Waals surface area contributed by atoms with Crippen LogP contribution in [0.4, 0.5) is 0 Å². The van der Waals surface area contributed by atoms with Crippen LogP contribution in [0.1, 0.15) is 5.56 Å². The largest absolute Gasteiger partial charge is 0.330 e. The van der Waals surface area contributed by atoms with Crippen molar-refractivity contribution < 1.29 is 0 Å². The summed E-state index contributed by atoms with van der Waals surface area (Å²) in [7, 11) is 0. The number of para-hydroxylation sites is 1. The zero-order chi connectivity index (χ0) is 14.3. The van der Waals surface area contributed by atoms with E-state index in [0.29, 0.717) is 10.3 Å². The number of benzene rings is 2. The molecule has 3 rings (SSSR count). The Bertz CT molecular complexity index is 898. The molecule has 0 aliphatic rings. The highest BCUT2D eigenvalue weighted by Crippen LogP contribution is 2.32. The molecule has 0 spiro atoms. The third-order valence-electron chi connectivity index (χ3n) is 2.97. The second-order valence-electron chi connectivity index (χ2n) is 4.18. The summed E-state index contributed by atoms with van der Waals surface area (Å²) < 4.78 is 4.35. The molecule has 0 unspecified atom stereocenters. The molecule has 0 aliphatic heterocycles. The van der Waals surface area contributed by atoms with Crippen LogP contribution >= 0.6 is 44.1 Å². The number of aromatic nitrogens is 2. The first kappa shape index (κ1) is 13.6. The average Bonchev–Trinajstić information content (AvgIpc) is 2.74. The summed E-state index contributed by atoms with van der Waals surface area (Å²) in [5.41, 5.74) is 3.29. The average molecular weight is 409 g/mol. The second kappa shape index (κ2) is 5.17. The van der Waals surface area contributed by atoms with Gasteiger partial charge in [0.2, 0.25) is 0 Å². The zero-order valence-corrected chi connectivity index (χ0v) is 14.0. The molecule has 1 aromatic heterocycles. The number of nitrogens with zero attached hydrogens (tertiary/aromatic N) is 2. The van der Waals surface area contributed by atoms with Gasteiger partial charge in [-0.05, 0) is 74.4 Å². The maximum atomic E-state index is 9.06. The minimum Gasteiger partial charge on any atom is -0.330 e. The molecule has 0 aliphatic carbocycles. The van der Waals surface area contributed by atoms with Gasteiger partial charge in [0.15, 0.2) is 4.77 Å². The van der Waals surface area contributed by atoms with Gasteiger partial charge in [0.25, 0.3) is 0 Å². The standard InChI is InChI=1S/C14H7Br2N3S/c15-9-2-1-3-10(16)13(9)19-12-6-8(7-17)4-5-11(12)18-14(19)20/h1-6H,(H,18,20). The van der Waals surface area contributed by atoms with Gasteiger partial charge in [0, 0.05) is 8.95 Å². The maximum absolute atomic E-state index is 9.06. The van der Waals surface area contributed by atoms with Gasteiger partial charge < -0.3 is 4.98 Å². The van der Waals surface area contributed by atoms with Gasteiger partial charge in [-0.1, -0.05) is 6.07 Å². The van der Waals surface area contributed by atoms with Crippen molar-refractivity contribution >= 4 is 55.1 Å². The van der Waals surface area contributed by atoms with Crippen molar-refractivity contribution in [3.8, 4) is 11.8 Å². The third-order valence-corrected chi connectivity index (χ3v) is 4.54. The molecule has 0 amide bonds. The quantitative estimate of drug-likeness (QED) is 0.570. The number of halogens is 2. The van der Waals surface area contributed by atoms with E-state index in [1.807, 2.05) is 34.9 Å². The van der Waals surface area contributed by atoms with E-state index in [0.717, 1.165) is 25.7 Å². The van der Waals surface area contributed by atoms with Crippen LogP contribution in [0.3, 0.4) is 0 Å². The van der Waals surface area contributed by atoms with Crippen molar-refractivity contribution in [1.82, 2.24) is 9.55 Å². The van der Waals surface area contributed by atoms with Crippen LogP contribution in [0.15, 0.2) is 45.3 Å². The van der Waals surface area contributed by atoms with Gasteiger partial charge in [-0.15, -0.1) is 0 Å². The molecule has 0 bridgehead atoms. The first-order valence-corrected chi connectivity index (χ1v) is 7.70. The van der Waals surface area contributed by atoms with Crippen LogP contribution in [-0.2, 0) is 0 Å². The Morgan fingerprint density at radius 1 is 1.15 bits per heavy atom. The minimum absolute atomic E-state index is 0.586. The van der Waals surface area contributed by atoms with Crippen LogP contribution in [0.5, 0.6) is 0 Å². The predicted molar refractivity (Wildman–Crippen MR) is 88.6 cm³/mol. The molecular formula is C14H7Br2N3S. The predicted octanol–water partition coefficient (Wildman–Crippen LogP) is 5.08. The van der Waals surface area contributed by atoms with Crippen LogP contribution < -0.4 is 0 Å². The lowest BCUT2D eigenvalue weighted by Gasteiger charge is -2.09. The molecule has 3 nitrogen and oxygen atoms in total. The third kappa shape index (κ3) is 2.12. The van der Waals surface area contributed by atoms with Crippen LogP contribution in [0.25, 0.3) is 16.7 Å². The number of aromatic amines is 1. The first-order valence-electron chi connectivity index (χ1n) is 5.71. The highest BCUT2D eigenvalue weighted by atomic mass is 79.9. The molecule has 98 valence electrons. The van der Waals surface area contributed by atoms with Gasteiger partial charge in [0.05, 0.1) is 28.4 Å². The summed E-state index contributed by atoms with van der Waals surface area (Å²) in [5.74, 6) is 0. The Morgan fingerprint density at radius 3 is 2.50 bits per heavy atom. The Balaban J connectivity index is 2.45. The minimum atomic E-state index is 0.586. The fraction of sp³-hybridized carbons (Fsp3) is 0. The molecule has 2 aromatic carbocycles. The number of nitriles is 1. The summed E-state index contributed by atoms with van der Waals surface area (Å²) in [5, 5.41) is 9.06. The van der Waals surface area contributed by atoms with Gasteiger partial charge in [-0.25, -0.2) is 0 Å². The molecule has 1 N–H and O–H groups in total. The van der Waals surface area contributed by atoms with E-state index in [1.54, 1.807) is 6.07 Å². The van der Waals surface area contributed by atoms with E-state index < -0.39 is 0 Å². The number of H-pyrrole nitrogens is 1. The van der Waals surface area contributed by atoms with E-state index >= 15 is 0 Å². The van der Waals surface area contributed by atoms with Crippen molar-refractivity contribution in [2.75, 3.05) is 0 Å². The summed E-state index contributed by atoms with van der Waals surface area (Å²) in [6.07, 6.45) is 0. The molecule has 3 aromatic rings. The summed E-state index contributed by atoms with van der Waals surface area (Å²) >= 11 is 12.5. The SMILES string of the molecule is N#Cc1ccc2[nH]c(=S)n(-c3c(Br)cccc3Br)c2c1. The molecule has 0 atom stereocenters. The van der Waals surface area contributed by atoms with Crippen LogP contribution in [0, 0.1) is 16.1 Å². The topological polar surface area (TPSA) is 44.5 Å². The number of hydrogen-bond acceptors (Lipinski definition) is 2. The zero-order valence-electron chi connectivity index (χ0n) is 10.0. The molecule has 20 heavy (non-hydrogen) atoms. The number of nitrogens with one attached hydrogen (secondary N) is 1. The normalized spacial score (nSPS) is 10.7. The van der Waals surface area contributed by atoms with Gasteiger partial charge in [0.1, 0.15) is 0 Å². The van der Waals surface area contributed by atoms with E-state index in [1.165, 1.54) is 0 Å². The smallest absolute Gasteiger partial charge is 0.182 e. The highest BCUT2D eigenvalue weighted by molar-refractivity contribution is 9.11. The molecule has 6 heteroatoms. The Hall–Kier alpha value is -1.42. The van der Waals surface area contributed by atoms with Crippen molar-refractivity contribution in [2.24, 2.45) is 0 Å². The summed E-state index contributed by atoms with van der Waals surface area (Å²) in [4.78, 5) is 3.16. The second-order valence-corrected chi connectivity index (χ2v) is 6.27. The van der Waals surface area contributed by atoms with Crippen LogP contribution in [-0.4, -0.2) is 9.55 Å². The summed E-state index contributed by atoms with van der Waals surface area (Å²) in [6, 6.07) is 13.5. The fourth-order valence-corrected chi connectivity index (χ4v) is 3.75. The van der Waals surface area contributed by atoms with E-state index in [9.17, 15) is 0 Å². The fourth-order valence-electron chi connectivity index (χ4n) is 2.10. The van der Waals surface area contributed by atoms with Crippen molar-refractivity contribution in [3.63, 3.8) is 0 Å². The van der Waals surface area contributed by atoms with Gasteiger partial charge in [-0.2, -0.15) is 5.26 Å². The Labute approximate surface area is 137 Å². The monoisotopic (exact) mass is 407 g/mol. The molecule has 1 heterocycles. The lowest BCUT2D eigenvalue weighted by molar-refractivity contribution is 1.05. The lowest BCUT2D eigenvalue weighted by Crippen LogP contribution is -1.97. The van der Waals surface area contributed by atoms with E-state index in [2.05, 4.69) is 42.9 Å². The summed E-state index contributed by atoms with van der Waals surface area (Å²) in [6.45, 7) is 0. The maximum Gasteiger partial charge on any atom is 0.182 e. The highest BCUT2D eigenvalue weighted by Gasteiger charge is 2.13. The Kier molecular flexibility index (Phi) is 3.50.